The van der Waals surface area contributed by atoms with Gasteiger partial charge in [-0.2, -0.15) is 5.26 Å². The lowest BCUT2D eigenvalue weighted by atomic mass is 9.84. The molecule has 1 nitrogen and oxygen atoms in total. The van der Waals surface area contributed by atoms with Crippen LogP contribution in [0.25, 0.3) is 0 Å². The minimum absolute atomic E-state index is 0.0832. The van der Waals surface area contributed by atoms with E-state index in [2.05, 4.69) is 33.8 Å². The summed E-state index contributed by atoms with van der Waals surface area (Å²) in [7, 11) is 0. The number of hydrogen-bond donors (Lipinski definition) is 0. The van der Waals surface area contributed by atoms with Crippen molar-refractivity contribution in [1.82, 2.24) is 0 Å². The molecule has 0 saturated carbocycles. The molecule has 0 aliphatic carbocycles. The van der Waals surface area contributed by atoms with Crippen LogP contribution in [0.2, 0.25) is 0 Å². The van der Waals surface area contributed by atoms with Gasteiger partial charge in [-0.1, -0.05) is 20.8 Å². The normalized spacial score (nSPS) is 11.4. The van der Waals surface area contributed by atoms with E-state index in [1.165, 1.54) is 10.4 Å². The van der Waals surface area contributed by atoms with Gasteiger partial charge < -0.3 is 0 Å². The molecule has 1 aromatic heterocycles. The molecule has 0 spiro atoms. The van der Waals surface area contributed by atoms with Gasteiger partial charge in [0.25, 0.3) is 0 Å². The predicted molar refractivity (Wildman–Crippen MR) is 57.2 cm³/mol. The maximum atomic E-state index is 9.03. The number of thiophene rings is 1. The highest BCUT2D eigenvalue weighted by atomic mass is 32.1. The van der Waals surface area contributed by atoms with Crippen LogP contribution >= 0.6 is 11.3 Å². The van der Waals surface area contributed by atoms with Crippen LogP contribution in [0, 0.1) is 25.2 Å². The molecule has 0 radical (unpaired) electrons. The molecule has 0 N–H and O–H groups in total. The number of nitriles is 1. The highest BCUT2D eigenvalue weighted by molar-refractivity contribution is 7.12. The summed E-state index contributed by atoms with van der Waals surface area (Å²) in [4.78, 5) is 2.42. The zero-order chi connectivity index (χ0) is 10.2. The van der Waals surface area contributed by atoms with Gasteiger partial charge in [-0.05, 0) is 24.8 Å². The quantitative estimate of drug-likeness (QED) is 0.618. The second kappa shape index (κ2) is 3.16. The Bertz CT molecular complexity index is 361. The van der Waals surface area contributed by atoms with Gasteiger partial charge in [-0.25, -0.2) is 0 Å². The topological polar surface area (TPSA) is 23.8 Å². The Balaban J connectivity index is 3.45. The van der Waals surface area contributed by atoms with Gasteiger partial charge in [0, 0.05) is 9.75 Å². The molecule has 0 amide bonds. The Morgan fingerprint density at radius 2 is 1.69 bits per heavy atom. The smallest absolute Gasteiger partial charge is 0.101 e. The van der Waals surface area contributed by atoms with Crippen LogP contribution in [0.3, 0.4) is 0 Å². The summed E-state index contributed by atoms with van der Waals surface area (Å²) in [5.41, 5.74) is 2.19. The molecule has 0 aromatic carbocycles. The van der Waals surface area contributed by atoms with Crippen LogP contribution in [0.5, 0.6) is 0 Å². The van der Waals surface area contributed by atoms with Gasteiger partial charge >= 0.3 is 0 Å². The molecular formula is C11H15NS. The van der Waals surface area contributed by atoms with Crippen molar-refractivity contribution >= 4 is 11.3 Å². The summed E-state index contributed by atoms with van der Waals surface area (Å²) in [6.07, 6.45) is 0. The Morgan fingerprint density at radius 1 is 1.15 bits per heavy atom. The summed E-state index contributed by atoms with van der Waals surface area (Å²) in [5, 5.41) is 9.03. The highest BCUT2D eigenvalue weighted by Gasteiger charge is 2.23. The zero-order valence-corrected chi connectivity index (χ0v) is 9.67. The van der Waals surface area contributed by atoms with E-state index < -0.39 is 0 Å². The standard InChI is InChI=1S/C11H15NS/c1-7-9(6-12)10(8(2)13-7)11(3,4)5/h1-5H3. The van der Waals surface area contributed by atoms with E-state index in [1.807, 2.05) is 6.92 Å². The molecule has 2 heteroatoms. The first-order valence-electron chi connectivity index (χ1n) is 4.38. The fraction of sp³-hybridized carbons (Fsp3) is 0.545. The Kier molecular flexibility index (Phi) is 2.49. The summed E-state index contributed by atoms with van der Waals surface area (Å²) >= 11 is 1.72. The van der Waals surface area contributed by atoms with E-state index in [0.717, 1.165) is 10.4 Å². The Labute approximate surface area is 84.0 Å². The van der Waals surface area contributed by atoms with Gasteiger partial charge in [-0.15, -0.1) is 11.3 Å². The largest absolute Gasteiger partial charge is 0.192 e. The van der Waals surface area contributed by atoms with Gasteiger partial charge in [0.05, 0.1) is 5.56 Å². The molecule has 0 saturated heterocycles. The van der Waals surface area contributed by atoms with E-state index >= 15 is 0 Å². The first-order valence-corrected chi connectivity index (χ1v) is 5.20. The second-order valence-corrected chi connectivity index (χ2v) is 5.76. The second-order valence-electron chi connectivity index (χ2n) is 4.33. The van der Waals surface area contributed by atoms with Crippen molar-refractivity contribution in [2.24, 2.45) is 0 Å². The third-order valence-corrected chi connectivity index (χ3v) is 3.14. The summed E-state index contributed by atoms with van der Waals surface area (Å²) in [6, 6.07) is 2.30. The maximum Gasteiger partial charge on any atom is 0.101 e. The molecule has 0 bridgehead atoms. The van der Waals surface area contributed by atoms with E-state index in [0.29, 0.717) is 0 Å². The fourth-order valence-electron chi connectivity index (χ4n) is 1.72. The number of aryl methyl sites for hydroxylation is 2. The summed E-state index contributed by atoms with van der Waals surface area (Å²) < 4.78 is 0. The number of hydrogen-bond acceptors (Lipinski definition) is 2. The lowest BCUT2D eigenvalue weighted by molar-refractivity contribution is 0.587. The molecular weight excluding hydrogens is 178 g/mol. The molecule has 1 rings (SSSR count). The van der Waals surface area contributed by atoms with Crippen LogP contribution in [-0.4, -0.2) is 0 Å². The summed E-state index contributed by atoms with van der Waals surface area (Å²) in [6.45, 7) is 10.6. The minimum Gasteiger partial charge on any atom is -0.192 e. The lowest BCUT2D eigenvalue weighted by Gasteiger charge is -2.19. The molecule has 13 heavy (non-hydrogen) atoms. The van der Waals surface area contributed by atoms with Crippen molar-refractivity contribution in [3.8, 4) is 6.07 Å². The van der Waals surface area contributed by atoms with Crippen molar-refractivity contribution in [1.29, 1.82) is 5.26 Å². The molecule has 0 aliphatic heterocycles. The van der Waals surface area contributed by atoms with Crippen LogP contribution in [0.4, 0.5) is 0 Å². The monoisotopic (exact) mass is 193 g/mol. The number of rotatable bonds is 0. The average Bonchev–Trinajstić information content (AvgIpc) is 2.23. The van der Waals surface area contributed by atoms with Crippen LogP contribution in [-0.2, 0) is 5.41 Å². The molecule has 0 unspecified atom stereocenters. The zero-order valence-electron chi connectivity index (χ0n) is 8.86. The van der Waals surface area contributed by atoms with Crippen molar-refractivity contribution in [3.63, 3.8) is 0 Å². The van der Waals surface area contributed by atoms with Gasteiger partial charge in [0.2, 0.25) is 0 Å². The van der Waals surface area contributed by atoms with Gasteiger partial charge in [0.1, 0.15) is 6.07 Å². The molecule has 1 aromatic rings. The maximum absolute atomic E-state index is 9.03. The van der Waals surface area contributed by atoms with Crippen molar-refractivity contribution < 1.29 is 0 Å². The molecule has 0 atom stereocenters. The fourth-order valence-corrected chi connectivity index (χ4v) is 2.94. The Morgan fingerprint density at radius 3 is 2.00 bits per heavy atom. The van der Waals surface area contributed by atoms with E-state index in [4.69, 9.17) is 5.26 Å². The van der Waals surface area contributed by atoms with Crippen molar-refractivity contribution in [3.05, 3.63) is 20.9 Å². The van der Waals surface area contributed by atoms with Crippen molar-refractivity contribution in [2.75, 3.05) is 0 Å². The van der Waals surface area contributed by atoms with E-state index in [1.54, 1.807) is 11.3 Å². The van der Waals surface area contributed by atoms with Crippen molar-refractivity contribution in [2.45, 2.75) is 40.0 Å². The molecule has 70 valence electrons. The first-order chi connectivity index (χ1) is 5.88. The third kappa shape index (κ3) is 1.76. The van der Waals surface area contributed by atoms with Crippen LogP contribution < -0.4 is 0 Å². The predicted octanol–water partition coefficient (Wildman–Crippen LogP) is 3.53. The van der Waals surface area contributed by atoms with Gasteiger partial charge in [0.15, 0.2) is 0 Å². The summed E-state index contributed by atoms with van der Waals surface area (Å²) in [5.74, 6) is 0. The third-order valence-electron chi connectivity index (χ3n) is 2.12. The highest BCUT2D eigenvalue weighted by Crippen LogP contribution is 2.35. The first kappa shape index (κ1) is 10.3. The molecule has 0 aliphatic rings. The van der Waals surface area contributed by atoms with E-state index in [9.17, 15) is 0 Å². The average molecular weight is 193 g/mol. The van der Waals surface area contributed by atoms with Gasteiger partial charge in [-0.3, -0.25) is 0 Å². The SMILES string of the molecule is Cc1sc(C)c(C(C)(C)C)c1C#N. The van der Waals surface area contributed by atoms with Crippen LogP contribution in [0.1, 0.15) is 41.7 Å². The minimum atomic E-state index is 0.0832. The van der Waals surface area contributed by atoms with Crippen LogP contribution in [0.15, 0.2) is 0 Å². The molecule has 0 fully saturated rings. The molecule has 1 heterocycles. The van der Waals surface area contributed by atoms with E-state index in [-0.39, 0.29) is 5.41 Å². The number of nitrogens with zero attached hydrogens (tertiary/aromatic N) is 1. The Hall–Kier alpha value is -0.810. The lowest BCUT2D eigenvalue weighted by Crippen LogP contribution is -2.13.